The average Bonchev–Trinajstić information content (AvgIpc) is 3.93. The molecule has 9 heterocycles. The average molecular weight is 1090 g/mol. The topological polar surface area (TPSA) is 148 Å². The number of Topliss-reactive ketones (excluding diaryl/α,β-unsaturated/α-hetero) is 2. The Balaban J connectivity index is 0.000000159. The van der Waals surface area contributed by atoms with E-state index in [1.165, 1.54) is 36.7 Å². The molecule has 0 saturated carbocycles. The van der Waals surface area contributed by atoms with Gasteiger partial charge in [-0.15, -0.1) is 0 Å². The fourth-order valence-corrected chi connectivity index (χ4v) is 8.15. The summed E-state index contributed by atoms with van der Waals surface area (Å²) in [7, 11) is 0. The van der Waals surface area contributed by atoms with E-state index in [2.05, 4.69) is 67.7 Å². The van der Waals surface area contributed by atoms with Gasteiger partial charge in [-0.3, -0.25) is 9.59 Å². The van der Waals surface area contributed by atoms with Gasteiger partial charge in [0.25, 0.3) is 6.43 Å². The second-order valence-corrected chi connectivity index (χ2v) is 17.4. The van der Waals surface area contributed by atoms with Crippen LogP contribution in [0.25, 0.3) is 11.3 Å². The summed E-state index contributed by atoms with van der Waals surface area (Å²) in [6.45, 7) is 4.44. The maximum absolute atomic E-state index is 14.5. The van der Waals surface area contributed by atoms with Crippen LogP contribution in [0.2, 0.25) is 0 Å². The van der Waals surface area contributed by atoms with E-state index in [9.17, 15) is 31.5 Å². The quantitative estimate of drug-likeness (QED) is 0.0887. The molecule has 9 rings (SSSR count). The van der Waals surface area contributed by atoms with Crippen LogP contribution in [0, 0.1) is 23.4 Å². The number of hydrogen-bond acceptors (Lipinski definition) is 10. The molecule has 64 heavy (non-hydrogen) atoms. The molecular formula is C44H45Br3F5N7O5. The molecule has 0 bridgehead atoms. The number of pyridine rings is 4. The summed E-state index contributed by atoms with van der Waals surface area (Å²) in [6.07, 6.45) is 10.9. The number of nitrogens with zero attached hydrogens (tertiary/aromatic N) is 6. The van der Waals surface area contributed by atoms with Gasteiger partial charge in [-0.25, -0.2) is 41.9 Å². The van der Waals surface area contributed by atoms with E-state index in [0.29, 0.717) is 50.5 Å². The van der Waals surface area contributed by atoms with Gasteiger partial charge in [-0.2, -0.15) is 0 Å². The predicted octanol–water partition coefficient (Wildman–Crippen LogP) is 10.2. The smallest absolute Gasteiger partial charge is 0.280 e. The number of nitrogen functional groups attached to an aromatic ring is 1. The van der Waals surface area contributed by atoms with E-state index in [0.717, 1.165) is 88.5 Å². The standard InChI is InChI=1S/C20H18F3N3O2.C12H12BrFN2O.C7H11BrO2.C5H4BrFN2/c21-14-9-19-25-17(12-4-6-28-7-5-12)11-26(19)10-13(14)8-18(27)15-2-1-3-16(24-15)20(22)23;13-9-6-16-7-11(8-1-3-17-4-2-8)15-12(16)5-10(9)14;8-5-7(9)6-1-3-10-4-2-6;6-3-2-9-5(8)1-4(3)7/h1-3,9-12,20H,4-8H2;5-8H,1-4H2;6H,1-5H2;1-2H,(H2,8,9). The number of alkyl halides is 3. The molecule has 0 aromatic carbocycles. The van der Waals surface area contributed by atoms with Crippen LogP contribution < -0.4 is 5.73 Å². The lowest BCUT2D eigenvalue weighted by molar-refractivity contribution is -0.122. The minimum absolute atomic E-state index is 0.106. The van der Waals surface area contributed by atoms with Gasteiger partial charge in [-0.1, -0.05) is 22.0 Å². The molecule has 342 valence electrons. The van der Waals surface area contributed by atoms with Gasteiger partial charge < -0.3 is 28.7 Å². The molecule has 0 unspecified atom stereocenters. The number of hydrogen-bond donors (Lipinski definition) is 1. The molecule has 3 aliphatic heterocycles. The Morgan fingerprint density at radius 1 is 0.719 bits per heavy atom. The van der Waals surface area contributed by atoms with Gasteiger partial charge in [-0.05, 0) is 82.5 Å². The minimum Gasteiger partial charge on any atom is -0.384 e. The number of anilines is 1. The highest BCUT2D eigenvalue weighted by Gasteiger charge is 2.23. The zero-order valence-electron chi connectivity index (χ0n) is 34.4. The fraction of sp³-hybridized carbons (Fsp3) is 0.409. The van der Waals surface area contributed by atoms with Crippen LogP contribution in [-0.4, -0.2) is 85.3 Å². The molecule has 6 aromatic heterocycles. The van der Waals surface area contributed by atoms with Crippen molar-refractivity contribution in [2.24, 2.45) is 5.92 Å². The van der Waals surface area contributed by atoms with E-state index in [1.807, 2.05) is 16.8 Å². The van der Waals surface area contributed by atoms with Crippen molar-refractivity contribution in [1.29, 1.82) is 0 Å². The van der Waals surface area contributed by atoms with Crippen molar-refractivity contribution in [3.63, 3.8) is 0 Å². The number of fused-ring (bicyclic) bond motifs is 2. The van der Waals surface area contributed by atoms with Crippen LogP contribution in [0.4, 0.5) is 27.8 Å². The molecule has 20 heteroatoms. The number of ether oxygens (including phenoxy) is 3. The largest absolute Gasteiger partial charge is 0.384 e. The Bertz CT molecular complexity index is 2470. The van der Waals surface area contributed by atoms with Crippen molar-refractivity contribution in [3.8, 4) is 0 Å². The molecule has 0 atom stereocenters. The number of carbonyl (C=O) groups is 2. The Kier molecular flexibility index (Phi) is 18.3. The van der Waals surface area contributed by atoms with E-state index < -0.39 is 23.7 Å². The number of ketones is 2. The molecule has 3 aliphatic rings. The number of carbonyl (C=O) groups excluding carboxylic acids is 2. The Morgan fingerprint density at radius 3 is 1.78 bits per heavy atom. The summed E-state index contributed by atoms with van der Waals surface area (Å²) in [5, 5.41) is 0.498. The van der Waals surface area contributed by atoms with Crippen molar-refractivity contribution in [2.45, 2.75) is 63.2 Å². The lowest BCUT2D eigenvalue weighted by atomic mass is 9.97. The first-order valence-electron chi connectivity index (χ1n) is 20.5. The maximum atomic E-state index is 14.5. The Labute approximate surface area is 390 Å². The van der Waals surface area contributed by atoms with Gasteiger partial charge in [0.15, 0.2) is 5.78 Å². The Hall–Kier alpha value is -4.21. The predicted molar refractivity (Wildman–Crippen MR) is 239 cm³/mol. The van der Waals surface area contributed by atoms with Crippen LogP contribution in [0.1, 0.15) is 89.9 Å². The first kappa shape index (κ1) is 49.2. The lowest BCUT2D eigenvalue weighted by Gasteiger charge is -2.19. The van der Waals surface area contributed by atoms with E-state index >= 15 is 0 Å². The maximum Gasteiger partial charge on any atom is 0.280 e. The number of rotatable bonds is 8. The molecule has 2 N–H and O–H groups in total. The lowest BCUT2D eigenvalue weighted by Crippen LogP contribution is -2.23. The first-order valence-corrected chi connectivity index (χ1v) is 23.2. The minimum atomic E-state index is -2.77. The van der Waals surface area contributed by atoms with Crippen LogP contribution in [-0.2, 0) is 25.4 Å². The third-order valence-corrected chi connectivity index (χ3v) is 12.4. The zero-order chi connectivity index (χ0) is 45.8. The molecule has 3 fully saturated rings. The fourth-order valence-electron chi connectivity index (χ4n) is 7.14. The summed E-state index contributed by atoms with van der Waals surface area (Å²) in [5.41, 5.74) is 7.77. The van der Waals surface area contributed by atoms with Crippen molar-refractivity contribution >= 4 is 76.5 Å². The summed E-state index contributed by atoms with van der Waals surface area (Å²) < 4.78 is 86.0. The van der Waals surface area contributed by atoms with Gasteiger partial charge in [0.05, 0.1) is 25.7 Å². The number of nitrogens with two attached hydrogens (primary N) is 1. The Morgan fingerprint density at radius 2 is 1.25 bits per heavy atom. The highest BCUT2D eigenvalue weighted by molar-refractivity contribution is 9.10. The summed E-state index contributed by atoms with van der Waals surface area (Å²) in [4.78, 5) is 39.8. The number of aromatic nitrogens is 6. The summed E-state index contributed by atoms with van der Waals surface area (Å²) >= 11 is 9.27. The van der Waals surface area contributed by atoms with Gasteiger partial charge in [0, 0.05) is 119 Å². The van der Waals surface area contributed by atoms with Gasteiger partial charge >= 0.3 is 0 Å². The first-order chi connectivity index (χ1) is 30.8. The SMILES string of the molecule is Fc1cc2nc(C3CCOCC3)cn2cc1Br.Nc1cc(F)c(Br)cn1.O=C(CBr)C1CCOCC1.O=C(Cc1cn2cc(C3CCOCC3)nc2cc1F)c1cccc(C(F)F)n1. The zero-order valence-corrected chi connectivity index (χ0v) is 39.1. The van der Waals surface area contributed by atoms with E-state index in [4.69, 9.17) is 19.9 Å². The van der Waals surface area contributed by atoms with Crippen molar-refractivity contribution < 1.29 is 45.8 Å². The normalized spacial score (nSPS) is 16.1. The van der Waals surface area contributed by atoms with Crippen molar-refractivity contribution in [1.82, 2.24) is 28.7 Å². The summed E-state index contributed by atoms with van der Waals surface area (Å²) in [6, 6.07) is 7.74. The van der Waals surface area contributed by atoms with Crippen LogP contribution in [0.3, 0.4) is 0 Å². The molecule has 0 aliphatic carbocycles. The summed E-state index contributed by atoms with van der Waals surface area (Å²) in [5.74, 6) is -0.273. The van der Waals surface area contributed by atoms with Crippen LogP contribution in [0.5, 0.6) is 0 Å². The van der Waals surface area contributed by atoms with E-state index in [-0.39, 0.29) is 47.0 Å². The van der Waals surface area contributed by atoms with E-state index in [1.54, 1.807) is 10.6 Å². The second kappa shape index (κ2) is 23.8. The van der Waals surface area contributed by atoms with Crippen molar-refractivity contribution in [3.05, 3.63) is 122 Å². The molecule has 6 aromatic rings. The van der Waals surface area contributed by atoms with Crippen molar-refractivity contribution in [2.75, 3.05) is 50.7 Å². The van der Waals surface area contributed by atoms with Gasteiger partial charge in [0.2, 0.25) is 0 Å². The monoisotopic (exact) mass is 1080 g/mol. The van der Waals surface area contributed by atoms with Gasteiger partial charge in [0.1, 0.15) is 51.7 Å². The number of imidazole rings is 2. The molecule has 3 saturated heterocycles. The molecule has 0 spiro atoms. The molecule has 0 radical (unpaired) electrons. The molecule has 12 nitrogen and oxygen atoms in total. The molecule has 0 amide bonds. The highest BCUT2D eigenvalue weighted by atomic mass is 79.9. The van der Waals surface area contributed by atoms with Crippen LogP contribution >= 0.6 is 47.8 Å². The third kappa shape index (κ3) is 13.7. The highest BCUT2D eigenvalue weighted by Crippen LogP contribution is 2.29. The number of halogens is 8. The van der Waals surface area contributed by atoms with Crippen LogP contribution in [0.15, 0.2) is 76.3 Å². The second-order valence-electron chi connectivity index (χ2n) is 15.1. The third-order valence-electron chi connectivity index (χ3n) is 10.7. The molecular weight excluding hydrogens is 1040 g/mol.